The molecule has 3 aromatic carbocycles. The molecule has 0 radical (unpaired) electrons. The van der Waals surface area contributed by atoms with E-state index >= 15 is 0 Å². The number of hydrogen-bond acceptors (Lipinski definition) is 13. The van der Waals surface area contributed by atoms with E-state index in [4.69, 9.17) is 37.9 Å². The summed E-state index contributed by atoms with van der Waals surface area (Å²) < 4.78 is 46.6. The number of nitrogens with zero attached hydrogens (tertiary/aromatic N) is 1. The first kappa shape index (κ1) is 71.2. The predicted molar refractivity (Wildman–Crippen MR) is 335 cm³/mol. The van der Waals surface area contributed by atoms with Gasteiger partial charge in [-0.05, 0) is 79.0 Å². The van der Waals surface area contributed by atoms with Gasteiger partial charge in [-0.25, -0.2) is 0 Å². The molecule has 3 N–H and O–H groups in total. The van der Waals surface area contributed by atoms with Crippen molar-refractivity contribution in [2.75, 3.05) is 99.9 Å². The lowest BCUT2D eigenvalue weighted by atomic mass is 9.80. The molecule has 1 aliphatic heterocycles. The molecule has 1 saturated carbocycles. The Balaban J connectivity index is 1.03. The maximum absolute atomic E-state index is 14.7. The summed E-state index contributed by atoms with van der Waals surface area (Å²) in [5, 5.41) is 9.07. The number of nitrogens with one attached hydrogen (secondary N) is 3. The van der Waals surface area contributed by atoms with Gasteiger partial charge in [0, 0.05) is 44.9 Å². The molecule has 1 aliphatic carbocycles. The molecule has 0 spiro atoms. The molecule has 0 unspecified atom stereocenters. The second-order valence-electron chi connectivity index (χ2n) is 23.0. The standard InChI is InChI=1S/C69H106N4O13/c1-4-5-6-7-8-9-10-11-12-13-14-18-24-29-64(74)70-43-47-82-49-51-84-53-52-83-50-48-81-46-42-66(76)72-63(68(78)73-44-40-56(41-45-73)54-85-67(77)39-38-65(75)71-60-27-22-16-15-17-23-28-60)55-86-69(57-25-20-19-21-26-57,58-30-34-61(79-2)35-31-58)59-32-36-62(80-3)37-33-59/h19-21,25-26,30-37,56,60,63H,4-18,22-24,27-29,38-55H2,1-3H3,(H,70,74)(H,71,75)(H,72,76)/t63-/m0/s1. The van der Waals surface area contributed by atoms with Gasteiger partial charge in [-0.2, -0.15) is 0 Å². The zero-order chi connectivity index (χ0) is 61.1. The summed E-state index contributed by atoms with van der Waals surface area (Å²) in [5.41, 5.74) is 1.11. The highest BCUT2D eigenvalue weighted by molar-refractivity contribution is 5.88. The van der Waals surface area contributed by atoms with Crippen LogP contribution in [0.4, 0.5) is 0 Å². The Morgan fingerprint density at radius 3 is 1.57 bits per heavy atom. The average molecular weight is 1200 g/mol. The van der Waals surface area contributed by atoms with Crippen LogP contribution in [0.1, 0.15) is 191 Å². The van der Waals surface area contributed by atoms with E-state index < -0.39 is 17.6 Å². The van der Waals surface area contributed by atoms with Crippen molar-refractivity contribution in [2.45, 2.75) is 192 Å². The fourth-order valence-electron chi connectivity index (χ4n) is 11.2. The third-order valence-corrected chi connectivity index (χ3v) is 16.4. The van der Waals surface area contributed by atoms with Crippen molar-refractivity contribution >= 4 is 29.6 Å². The molecular weight excluding hydrogens is 1090 g/mol. The van der Waals surface area contributed by atoms with Crippen LogP contribution < -0.4 is 25.4 Å². The summed E-state index contributed by atoms with van der Waals surface area (Å²) in [5.74, 6) is 0.243. The van der Waals surface area contributed by atoms with Crippen LogP contribution in [0.2, 0.25) is 0 Å². The number of unbranched alkanes of at least 4 members (excludes halogenated alkanes) is 12. The molecule has 2 fully saturated rings. The third-order valence-electron chi connectivity index (χ3n) is 16.4. The van der Waals surface area contributed by atoms with E-state index in [-0.39, 0.29) is 81.3 Å². The SMILES string of the molecule is CCCCCCCCCCCCCCCC(=O)NCCOCCOCCOCCOCCC(=O)N[C@@H](COC(c1ccccc1)(c1ccc(OC)cc1)c1ccc(OC)cc1)C(=O)N1CCC(COC(=O)CCC(=O)NC2CCCCCCC2)CC1. The maximum Gasteiger partial charge on any atom is 0.306 e. The van der Waals surface area contributed by atoms with Gasteiger partial charge in [0.25, 0.3) is 0 Å². The van der Waals surface area contributed by atoms with Crippen molar-refractivity contribution in [2.24, 2.45) is 5.92 Å². The number of esters is 1. The van der Waals surface area contributed by atoms with Crippen LogP contribution in [0, 0.1) is 5.92 Å². The van der Waals surface area contributed by atoms with Gasteiger partial charge >= 0.3 is 5.97 Å². The number of ether oxygens (including phenoxy) is 8. The molecule has 17 nitrogen and oxygen atoms in total. The highest BCUT2D eigenvalue weighted by Crippen LogP contribution is 2.42. The molecule has 86 heavy (non-hydrogen) atoms. The zero-order valence-electron chi connectivity index (χ0n) is 52.6. The van der Waals surface area contributed by atoms with Crippen LogP contribution in [0.3, 0.4) is 0 Å². The summed E-state index contributed by atoms with van der Waals surface area (Å²) in [4.78, 5) is 68.0. The van der Waals surface area contributed by atoms with Crippen molar-refractivity contribution in [3.8, 4) is 11.5 Å². The minimum Gasteiger partial charge on any atom is -0.497 e. The summed E-state index contributed by atoms with van der Waals surface area (Å²) in [6.45, 7) is 6.20. The van der Waals surface area contributed by atoms with Crippen LogP contribution in [-0.4, -0.2) is 147 Å². The molecular formula is C69H106N4O13. The van der Waals surface area contributed by atoms with Crippen molar-refractivity contribution in [1.29, 1.82) is 0 Å². The number of hydrogen-bond donors (Lipinski definition) is 3. The van der Waals surface area contributed by atoms with Gasteiger partial charge in [0.1, 0.15) is 23.1 Å². The topological polar surface area (TPSA) is 199 Å². The lowest BCUT2D eigenvalue weighted by Gasteiger charge is -2.38. The minimum absolute atomic E-state index is 0.00742. The van der Waals surface area contributed by atoms with Crippen LogP contribution in [-0.2, 0) is 58.0 Å². The number of carbonyl (C=O) groups is 5. The quantitative estimate of drug-likeness (QED) is 0.0275. The Kier molecular flexibility index (Phi) is 36.4. The lowest BCUT2D eigenvalue weighted by molar-refractivity contribution is -0.148. The summed E-state index contributed by atoms with van der Waals surface area (Å²) in [6, 6.07) is 24.1. The van der Waals surface area contributed by atoms with Gasteiger partial charge in [-0.3, -0.25) is 24.0 Å². The Morgan fingerprint density at radius 1 is 0.523 bits per heavy atom. The van der Waals surface area contributed by atoms with Gasteiger partial charge in [0.05, 0.1) is 86.7 Å². The highest BCUT2D eigenvalue weighted by atomic mass is 16.6. The zero-order valence-corrected chi connectivity index (χ0v) is 52.6. The van der Waals surface area contributed by atoms with Crippen LogP contribution in [0.25, 0.3) is 0 Å². The van der Waals surface area contributed by atoms with E-state index in [1.165, 1.54) is 89.9 Å². The number of rotatable bonds is 45. The van der Waals surface area contributed by atoms with E-state index in [1.807, 2.05) is 78.9 Å². The Hall–Kier alpha value is -5.59. The van der Waals surface area contributed by atoms with Crippen molar-refractivity contribution in [1.82, 2.24) is 20.9 Å². The smallest absolute Gasteiger partial charge is 0.306 e. The second kappa shape index (κ2) is 43.9. The fourth-order valence-corrected chi connectivity index (χ4v) is 11.2. The fraction of sp³-hybridized carbons (Fsp3) is 0.667. The van der Waals surface area contributed by atoms with Crippen molar-refractivity contribution in [3.05, 3.63) is 95.6 Å². The molecule has 17 heteroatoms. The van der Waals surface area contributed by atoms with Gasteiger partial charge in [-0.15, -0.1) is 0 Å². The summed E-state index contributed by atoms with van der Waals surface area (Å²) in [6.07, 6.45) is 26.4. The number of piperidine rings is 1. The molecule has 1 saturated heterocycles. The van der Waals surface area contributed by atoms with Crippen LogP contribution in [0.5, 0.6) is 11.5 Å². The van der Waals surface area contributed by atoms with Crippen molar-refractivity contribution < 1.29 is 61.9 Å². The average Bonchev–Trinajstić information content (AvgIpc) is 0.993. The molecule has 0 aromatic heterocycles. The maximum atomic E-state index is 14.7. The van der Waals surface area contributed by atoms with Gasteiger partial charge in [0.15, 0.2) is 0 Å². The lowest BCUT2D eigenvalue weighted by Crippen LogP contribution is -2.54. The molecule has 0 bridgehead atoms. The van der Waals surface area contributed by atoms with E-state index in [1.54, 1.807) is 19.1 Å². The minimum atomic E-state index is -1.25. The van der Waals surface area contributed by atoms with E-state index in [0.29, 0.717) is 90.0 Å². The van der Waals surface area contributed by atoms with E-state index in [0.717, 1.165) is 55.2 Å². The molecule has 480 valence electrons. The Labute approximate surface area is 514 Å². The Morgan fingerprint density at radius 2 is 1.02 bits per heavy atom. The number of carbonyl (C=O) groups excluding carboxylic acids is 5. The van der Waals surface area contributed by atoms with E-state index in [2.05, 4.69) is 22.9 Å². The second-order valence-corrected chi connectivity index (χ2v) is 23.0. The van der Waals surface area contributed by atoms with Gasteiger partial charge < -0.3 is 58.7 Å². The molecule has 2 aliphatic rings. The molecule has 4 amide bonds. The predicted octanol–water partition coefficient (Wildman–Crippen LogP) is 11.3. The number of benzene rings is 3. The highest BCUT2D eigenvalue weighted by Gasteiger charge is 2.40. The Bertz CT molecular complexity index is 2240. The van der Waals surface area contributed by atoms with Crippen LogP contribution >= 0.6 is 0 Å². The van der Waals surface area contributed by atoms with E-state index in [9.17, 15) is 24.0 Å². The molecule has 3 aromatic rings. The third kappa shape index (κ3) is 28.1. The number of methoxy groups -OCH3 is 2. The van der Waals surface area contributed by atoms with Crippen molar-refractivity contribution in [3.63, 3.8) is 0 Å². The van der Waals surface area contributed by atoms with Gasteiger partial charge in [0.2, 0.25) is 23.6 Å². The number of amides is 4. The first-order valence-corrected chi connectivity index (χ1v) is 32.7. The molecule has 1 heterocycles. The van der Waals surface area contributed by atoms with Gasteiger partial charge in [-0.1, -0.05) is 171 Å². The monoisotopic (exact) mass is 1200 g/mol. The summed E-state index contributed by atoms with van der Waals surface area (Å²) in [7, 11) is 3.22. The number of likely N-dealkylation sites (tertiary alicyclic amines) is 1. The van der Waals surface area contributed by atoms with Crippen LogP contribution in [0.15, 0.2) is 78.9 Å². The summed E-state index contributed by atoms with van der Waals surface area (Å²) >= 11 is 0. The first-order valence-electron chi connectivity index (χ1n) is 32.7. The largest absolute Gasteiger partial charge is 0.497 e. The molecule has 1 atom stereocenters. The molecule has 5 rings (SSSR count). The first-order chi connectivity index (χ1) is 42.1. The normalized spacial score (nSPS) is 14.6.